The molecule has 27 heavy (non-hydrogen) atoms. The van der Waals surface area contributed by atoms with Gasteiger partial charge in [0.05, 0.1) is 0 Å². The Labute approximate surface area is 142 Å². The van der Waals surface area contributed by atoms with Crippen LogP contribution in [-0.2, 0) is 13.6 Å². The number of hydrogen-bond acceptors (Lipinski definition) is 6. The average molecular weight is 489 g/mol. The van der Waals surface area contributed by atoms with Crippen LogP contribution < -0.4 is 0 Å². The lowest BCUT2D eigenvalue weighted by Gasteiger charge is -2.24. The number of halogens is 12. The minimum Gasteiger partial charge on any atom is -0.294 e. The molecule has 6 nitrogen and oxygen atoms in total. The Hall–Kier alpha value is -0.270. The fourth-order valence-corrected chi connectivity index (χ4v) is 7.92. The third kappa shape index (κ3) is 9.66. The van der Waals surface area contributed by atoms with E-state index in [1.807, 2.05) is 0 Å². The SMILES string of the molecule is FC(F)(F)COP1(F)=NP(F)(OCC(F)(F)F)=NP(F)(OCC(F)(F)F)=N1. The number of nitrogens with zero attached hydrogens (tertiary/aromatic N) is 3. The lowest BCUT2D eigenvalue weighted by Crippen LogP contribution is -2.17. The molecule has 0 atom stereocenters. The molecular formula is C6H6F12N3O3P3. The van der Waals surface area contributed by atoms with Gasteiger partial charge in [-0.1, -0.05) is 0 Å². The molecule has 21 heteroatoms. The van der Waals surface area contributed by atoms with Gasteiger partial charge in [-0.05, 0) is 0 Å². The number of alkyl halides is 9. The molecule has 0 amide bonds. The monoisotopic (exact) mass is 489 g/mol. The minimum absolute atomic E-state index is 2.13. The molecule has 1 aliphatic heterocycles. The first-order chi connectivity index (χ1) is 11.7. The molecule has 0 aromatic heterocycles. The molecule has 0 radical (unpaired) electrons. The Morgan fingerprint density at radius 1 is 0.481 bits per heavy atom. The lowest BCUT2D eigenvalue weighted by molar-refractivity contribution is -0.153. The second kappa shape index (κ2) is 7.86. The van der Waals surface area contributed by atoms with Crippen LogP contribution in [0.3, 0.4) is 0 Å². The van der Waals surface area contributed by atoms with Gasteiger partial charge in [-0.3, -0.25) is 13.6 Å². The van der Waals surface area contributed by atoms with Crippen LogP contribution in [0.25, 0.3) is 0 Å². The van der Waals surface area contributed by atoms with E-state index in [-0.39, 0.29) is 0 Å². The Morgan fingerprint density at radius 2 is 0.667 bits per heavy atom. The maximum atomic E-state index is 14.2. The van der Waals surface area contributed by atoms with Crippen LogP contribution in [0.5, 0.6) is 0 Å². The Balaban J connectivity index is 3.32. The highest BCUT2D eigenvalue weighted by atomic mass is 31.3. The fourth-order valence-electron chi connectivity index (χ4n) is 1.08. The van der Waals surface area contributed by atoms with Gasteiger partial charge in [0.1, 0.15) is 0 Å². The van der Waals surface area contributed by atoms with Crippen molar-refractivity contribution >= 4 is 23.2 Å². The second-order valence-electron chi connectivity index (χ2n) is 4.35. The Bertz CT molecular complexity index is 600. The third-order valence-electron chi connectivity index (χ3n) is 1.84. The standard InChI is InChI=1S/C6H6F12N3O3P3/c7-4(8,9)1-22-25(16)19-26(17,23-2-5(10,11)12)21-27(18,20-25)24-3-6(13,14)15/h1-3H2. The maximum absolute atomic E-state index is 14.2. The first-order valence-electron chi connectivity index (χ1n) is 5.88. The van der Waals surface area contributed by atoms with Crippen molar-refractivity contribution in [3.8, 4) is 0 Å². The molecule has 0 aromatic carbocycles. The molecular weight excluding hydrogens is 483 g/mol. The van der Waals surface area contributed by atoms with Crippen LogP contribution in [0, 0.1) is 0 Å². The summed E-state index contributed by atoms with van der Waals surface area (Å²) in [5.74, 6) is 0. The summed E-state index contributed by atoms with van der Waals surface area (Å²) in [5, 5.41) is 0. The first-order valence-corrected chi connectivity index (χ1v) is 10.4. The minimum atomic E-state index is -6.07. The average Bonchev–Trinajstić information content (AvgIpc) is 2.38. The quantitative estimate of drug-likeness (QED) is 0.287. The highest BCUT2D eigenvalue weighted by Crippen LogP contribution is 2.81. The summed E-state index contributed by atoms with van der Waals surface area (Å²) in [6.45, 7) is -7.66. The highest BCUT2D eigenvalue weighted by Gasteiger charge is 2.46. The Morgan fingerprint density at radius 3 is 0.815 bits per heavy atom. The van der Waals surface area contributed by atoms with Gasteiger partial charge in [0.15, 0.2) is 19.8 Å². The summed E-state index contributed by atoms with van der Waals surface area (Å²) in [7, 11) is -18.2. The van der Waals surface area contributed by atoms with E-state index in [1.54, 1.807) is 0 Å². The van der Waals surface area contributed by atoms with Crippen molar-refractivity contribution in [3.63, 3.8) is 0 Å². The summed E-state index contributed by atoms with van der Waals surface area (Å²) >= 11 is 0. The van der Waals surface area contributed by atoms with Gasteiger partial charge in [0.25, 0.3) is 0 Å². The van der Waals surface area contributed by atoms with Gasteiger partial charge < -0.3 is 0 Å². The molecule has 0 aromatic rings. The van der Waals surface area contributed by atoms with E-state index in [4.69, 9.17) is 0 Å². The first kappa shape index (κ1) is 24.8. The van der Waals surface area contributed by atoms with Gasteiger partial charge in [-0.25, -0.2) is 0 Å². The van der Waals surface area contributed by atoms with E-state index in [0.717, 1.165) is 0 Å². The van der Waals surface area contributed by atoms with Gasteiger partial charge in [-0.2, -0.15) is 52.1 Å². The van der Waals surface area contributed by atoms with Crippen molar-refractivity contribution < 1.29 is 65.7 Å². The van der Waals surface area contributed by atoms with Crippen LogP contribution in [0.2, 0.25) is 0 Å². The predicted molar refractivity (Wildman–Crippen MR) is 67.4 cm³/mol. The largest absolute Gasteiger partial charge is 0.412 e. The van der Waals surface area contributed by atoms with Crippen molar-refractivity contribution in [1.82, 2.24) is 0 Å². The molecule has 0 unspecified atom stereocenters. The van der Waals surface area contributed by atoms with Crippen LogP contribution in [-0.4, -0.2) is 38.3 Å². The zero-order chi connectivity index (χ0) is 21.4. The van der Waals surface area contributed by atoms with Crippen LogP contribution in [0.15, 0.2) is 13.5 Å². The third-order valence-corrected chi connectivity index (χ3v) is 8.51. The maximum Gasteiger partial charge on any atom is 0.412 e. The zero-order valence-corrected chi connectivity index (χ0v) is 14.7. The molecule has 0 bridgehead atoms. The van der Waals surface area contributed by atoms with Gasteiger partial charge in [0.2, 0.25) is 0 Å². The number of rotatable bonds is 6. The highest BCUT2D eigenvalue weighted by molar-refractivity contribution is 7.77. The molecule has 0 spiro atoms. The van der Waals surface area contributed by atoms with Crippen LogP contribution >= 0.6 is 23.2 Å². The van der Waals surface area contributed by atoms with Crippen molar-refractivity contribution in [2.75, 3.05) is 19.8 Å². The van der Waals surface area contributed by atoms with Crippen LogP contribution in [0.1, 0.15) is 0 Å². The molecule has 1 heterocycles. The van der Waals surface area contributed by atoms with Crippen molar-refractivity contribution in [2.24, 2.45) is 13.5 Å². The lowest BCUT2D eigenvalue weighted by atomic mass is 10.7. The molecule has 0 saturated carbocycles. The van der Waals surface area contributed by atoms with Crippen molar-refractivity contribution in [3.05, 3.63) is 0 Å². The van der Waals surface area contributed by atoms with E-state index in [2.05, 4.69) is 27.1 Å². The van der Waals surface area contributed by atoms with E-state index < -0.39 is 61.6 Å². The van der Waals surface area contributed by atoms with Gasteiger partial charge in [0, 0.05) is 0 Å². The molecule has 0 saturated heterocycles. The number of hydrogen-bond donors (Lipinski definition) is 0. The molecule has 0 fully saturated rings. The van der Waals surface area contributed by atoms with E-state index >= 15 is 0 Å². The molecule has 1 aliphatic rings. The molecule has 1 rings (SSSR count). The predicted octanol–water partition coefficient (Wildman–Crippen LogP) is 7.48. The molecule has 0 aliphatic carbocycles. The summed E-state index contributed by atoms with van der Waals surface area (Å²) in [6, 6.07) is 0. The van der Waals surface area contributed by atoms with Crippen molar-refractivity contribution in [2.45, 2.75) is 18.5 Å². The zero-order valence-electron chi connectivity index (χ0n) is 12.1. The van der Waals surface area contributed by atoms with Gasteiger partial charge in [-0.15, -0.1) is 13.5 Å². The molecule has 0 N–H and O–H groups in total. The normalized spacial score (nSPS) is 32.4. The van der Waals surface area contributed by atoms with E-state index in [1.165, 1.54) is 0 Å². The smallest absolute Gasteiger partial charge is 0.294 e. The molecule has 162 valence electrons. The second-order valence-corrected chi connectivity index (χ2v) is 10.1. The summed E-state index contributed by atoms with van der Waals surface area (Å²) < 4.78 is 168. The fraction of sp³-hybridized carbons (Fsp3) is 1.00. The van der Waals surface area contributed by atoms with E-state index in [0.29, 0.717) is 0 Å². The van der Waals surface area contributed by atoms with Crippen molar-refractivity contribution in [1.29, 1.82) is 0 Å². The summed E-state index contributed by atoms with van der Waals surface area (Å²) in [4.78, 5) is 0. The summed E-state index contributed by atoms with van der Waals surface area (Å²) in [5.41, 5.74) is 0. The van der Waals surface area contributed by atoms with Crippen LogP contribution in [0.4, 0.5) is 52.1 Å². The Kier molecular flexibility index (Phi) is 7.21. The topological polar surface area (TPSA) is 64.8 Å². The van der Waals surface area contributed by atoms with Gasteiger partial charge >= 0.3 is 41.8 Å². The van der Waals surface area contributed by atoms with E-state index in [9.17, 15) is 52.1 Å². The summed E-state index contributed by atoms with van der Waals surface area (Å²) in [6.07, 6.45) is -15.9.